The summed E-state index contributed by atoms with van der Waals surface area (Å²) in [7, 11) is 0. The van der Waals surface area contributed by atoms with Crippen LogP contribution in [0, 0.1) is 22.7 Å². The van der Waals surface area contributed by atoms with E-state index in [0.717, 1.165) is 25.7 Å². The molecule has 2 aliphatic heterocycles. The quantitative estimate of drug-likeness (QED) is 0.690. The Morgan fingerprint density at radius 1 is 1.21 bits per heavy atom. The molecule has 4 rings (SSSR count). The van der Waals surface area contributed by atoms with Gasteiger partial charge in [-0.2, -0.15) is 0 Å². The van der Waals surface area contributed by atoms with Crippen LogP contribution in [0.4, 0.5) is 0 Å². The molecule has 154 valence electrons. The van der Waals surface area contributed by atoms with Crippen molar-refractivity contribution in [2.75, 3.05) is 13.2 Å². The Balaban J connectivity index is 1.64. The van der Waals surface area contributed by atoms with Crippen LogP contribution in [-0.4, -0.2) is 42.6 Å². The fourth-order valence-corrected chi connectivity index (χ4v) is 6.64. The first-order valence-electron chi connectivity index (χ1n) is 10.3. The number of carbonyl (C=O) groups is 3. The Bertz CT molecular complexity index is 756. The summed E-state index contributed by atoms with van der Waals surface area (Å²) in [6.07, 6.45) is 5.35. The Morgan fingerprint density at radius 2 is 1.96 bits per heavy atom. The highest BCUT2D eigenvalue weighted by molar-refractivity contribution is 5.91. The van der Waals surface area contributed by atoms with Gasteiger partial charge >= 0.3 is 11.9 Å². The number of carbonyl (C=O) groups excluding carboxylic acids is 3. The summed E-state index contributed by atoms with van der Waals surface area (Å²) in [6, 6.07) is 0. The first-order valence-corrected chi connectivity index (χ1v) is 10.3. The molecule has 0 bridgehead atoms. The van der Waals surface area contributed by atoms with Crippen molar-refractivity contribution in [1.29, 1.82) is 0 Å². The summed E-state index contributed by atoms with van der Waals surface area (Å²) in [5.41, 5.74) is -0.440. The maximum Gasteiger partial charge on any atom is 0.336 e. The molecule has 0 radical (unpaired) electrons. The minimum atomic E-state index is -0.663. The molecule has 6 nitrogen and oxygen atoms in total. The number of esters is 2. The third kappa shape index (κ3) is 2.75. The molecule has 0 spiro atoms. The van der Waals surface area contributed by atoms with Crippen LogP contribution in [0.3, 0.4) is 0 Å². The standard InChI is InChI=1S/C22H30O6/c1-13(23)27-12-21(3)16-5-9-22(4)17(20(16,2)8-6-18(21)24)11-15(28-22)14-7-10-26-19(14)25/h7,15-17H,5-6,8-12H2,1-4H3/t15-,16-,17-,20+,21-,22+/m0/s1. The zero-order valence-corrected chi connectivity index (χ0v) is 17.2. The molecule has 28 heavy (non-hydrogen) atoms. The van der Waals surface area contributed by atoms with Gasteiger partial charge in [0.1, 0.15) is 19.0 Å². The monoisotopic (exact) mass is 390 g/mol. The van der Waals surface area contributed by atoms with Gasteiger partial charge in [-0.05, 0) is 62.9 Å². The van der Waals surface area contributed by atoms with E-state index in [1.165, 1.54) is 6.92 Å². The molecule has 6 heteroatoms. The highest BCUT2D eigenvalue weighted by atomic mass is 16.5. The van der Waals surface area contributed by atoms with Crippen molar-refractivity contribution in [3.8, 4) is 0 Å². The first kappa shape index (κ1) is 19.6. The van der Waals surface area contributed by atoms with Crippen molar-refractivity contribution in [3.05, 3.63) is 11.6 Å². The minimum Gasteiger partial charge on any atom is -0.465 e. The maximum atomic E-state index is 12.9. The summed E-state index contributed by atoms with van der Waals surface area (Å²) >= 11 is 0. The van der Waals surface area contributed by atoms with E-state index in [1.54, 1.807) is 0 Å². The average molecular weight is 390 g/mol. The smallest absolute Gasteiger partial charge is 0.336 e. The molecule has 3 fully saturated rings. The van der Waals surface area contributed by atoms with E-state index >= 15 is 0 Å². The van der Waals surface area contributed by atoms with Gasteiger partial charge in [-0.3, -0.25) is 9.59 Å². The molecular formula is C22H30O6. The van der Waals surface area contributed by atoms with Crippen LogP contribution >= 0.6 is 0 Å². The molecule has 2 heterocycles. The lowest BCUT2D eigenvalue weighted by Gasteiger charge is -2.59. The SMILES string of the molecule is CC(=O)OC[C@]1(C)C(=O)CC[C@@]2(C)[C@@H]3C[C@@H](C4=CCOC4=O)O[C@]3(C)CC[C@@H]21. The summed E-state index contributed by atoms with van der Waals surface area (Å²) in [4.78, 5) is 36.4. The van der Waals surface area contributed by atoms with Gasteiger partial charge in [0.25, 0.3) is 0 Å². The number of hydrogen-bond donors (Lipinski definition) is 0. The lowest BCUT2D eigenvalue weighted by Crippen LogP contribution is -2.60. The van der Waals surface area contributed by atoms with Gasteiger partial charge in [-0.1, -0.05) is 6.92 Å². The Hall–Kier alpha value is -1.69. The molecule has 2 saturated carbocycles. The molecule has 0 N–H and O–H groups in total. The van der Waals surface area contributed by atoms with Crippen molar-refractivity contribution in [1.82, 2.24) is 0 Å². The van der Waals surface area contributed by atoms with Crippen LogP contribution in [0.15, 0.2) is 11.6 Å². The van der Waals surface area contributed by atoms with Crippen LogP contribution < -0.4 is 0 Å². The fraction of sp³-hybridized carbons (Fsp3) is 0.773. The van der Waals surface area contributed by atoms with E-state index in [1.807, 2.05) is 13.0 Å². The average Bonchev–Trinajstić information content (AvgIpc) is 3.20. The molecule has 0 unspecified atom stereocenters. The second-order valence-electron chi connectivity index (χ2n) is 9.68. The van der Waals surface area contributed by atoms with Crippen LogP contribution in [-0.2, 0) is 28.6 Å². The number of ketones is 1. The molecule has 0 aromatic rings. The number of ether oxygens (including phenoxy) is 3. The molecule has 0 amide bonds. The third-order valence-electron chi connectivity index (χ3n) is 8.09. The molecule has 0 aromatic heterocycles. The van der Waals surface area contributed by atoms with Gasteiger partial charge in [0.2, 0.25) is 0 Å². The van der Waals surface area contributed by atoms with Gasteiger partial charge in [0.05, 0.1) is 22.7 Å². The van der Waals surface area contributed by atoms with E-state index in [4.69, 9.17) is 14.2 Å². The van der Waals surface area contributed by atoms with Gasteiger partial charge in [0.15, 0.2) is 0 Å². The van der Waals surface area contributed by atoms with E-state index in [2.05, 4.69) is 13.8 Å². The second kappa shape index (κ2) is 6.41. The highest BCUT2D eigenvalue weighted by Crippen LogP contribution is 2.65. The van der Waals surface area contributed by atoms with Crippen LogP contribution in [0.2, 0.25) is 0 Å². The lowest BCUT2D eigenvalue weighted by molar-refractivity contribution is -0.181. The Morgan fingerprint density at radius 3 is 2.61 bits per heavy atom. The van der Waals surface area contributed by atoms with Gasteiger partial charge in [-0.25, -0.2) is 4.79 Å². The third-order valence-corrected chi connectivity index (χ3v) is 8.09. The number of Topliss-reactive ketones (excluding diaryl/α,β-unsaturated/α-hetero) is 1. The number of rotatable bonds is 3. The van der Waals surface area contributed by atoms with Crippen molar-refractivity contribution < 1.29 is 28.6 Å². The number of cyclic esters (lactones) is 1. The van der Waals surface area contributed by atoms with E-state index in [0.29, 0.717) is 18.6 Å². The fourth-order valence-electron chi connectivity index (χ4n) is 6.64. The molecular weight excluding hydrogens is 360 g/mol. The summed E-state index contributed by atoms with van der Waals surface area (Å²) < 4.78 is 16.9. The summed E-state index contributed by atoms with van der Waals surface area (Å²) in [5, 5.41) is 0. The molecule has 4 aliphatic rings. The van der Waals surface area contributed by atoms with Crippen molar-refractivity contribution in [2.24, 2.45) is 22.7 Å². The minimum absolute atomic E-state index is 0.104. The molecule has 2 aliphatic carbocycles. The lowest BCUT2D eigenvalue weighted by atomic mass is 9.45. The van der Waals surface area contributed by atoms with E-state index < -0.39 is 5.41 Å². The topological polar surface area (TPSA) is 78.9 Å². The predicted octanol–water partition coefficient (Wildman–Crippen LogP) is 2.98. The van der Waals surface area contributed by atoms with Crippen molar-refractivity contribution >= 4 is 17.7 Å². The van der Waals surface area contributed by atoms with E-state index in [9.17, 15) is 14.4 Å². The highest BCUT2D eigenvalue weighted by Gasteiger charge is 2.65. The zero-order valence-electron chi connectivity index (χ0n) is 17.2. The van der Waals surface area contributed by atoms with Gasteiger partial charge < -0.3 is 14.2 Å². The van der Waals surface area contributed by atoms with Crippen LogP contribution in [0.1, 0.15) is 59.8 Å². The van der Waals surface area contributed by atoms with Gasteiger partial charge in [-0.15, -0.1) is 0 Å². The zero-order chi connectivity index (χ0) is 20.3. The second-order valence-corrected chi connectivity index (χ2v) is 9.68. The van der Waals surface area contributed by atoms with Crippen molar-refractivity contribution in [3.63, 3.8) is 0 Å². The Kier molecular flexibility index (Phi) is 4.49. The Labute approximate surface area is 166 Å². The van der Waals surface area contributed by atoms with Crippen LogP contribution in [0.5, 0.6) is 0 Å². The first-order chi connectivity index (χ1) is 13.1. The number of hydrogen-bond acceptors (Lipinski definition) is 6. The summed E-state index contributed by atoms with van der Waals surface area (Å²) in [5.74, 6) is -0.0592. The van der Waals surface area contributed by atoms with Gasteiger partial charge in [0, 0.05) is 13.3 Å². The normalized spacial score (nSPS) is 45.1. The van der Waals surface area contributed by atoms with Crippen molar-refractivity contribution in [2.45, 2.75) is 71.5 Å². The molecule has 0 aromatic carbocycles. The summed E-state index contributed by atoms with van der Waals surface area (Å²) in [6.45, 7) is 8.24. The predicted molar refractivity (Wildman–Crippen MR) is 100 cm³/mol. The molecule has 6 atom stereocenters. The maximum absolute atomic E-state index is 12.9. The largest absolute Gasteiger partial charge is 0.465 e. The molecule has 1 saturated heterocycles. The number of fused-ring (bicyclic) bond motifs is 3. The van der Waals surface area contributed by atoms with E-state index in [-0.39, 0.29) is 53.3 Å². The van der Waals surface area contributed by atoms with Crippen LogP contribution in [0.25, 0.3) is 0 Å².